The van der Waals surface area contributed by atoms with Gasteiger partial charge in [-0.15, -0.1) is 0 Å². The Balaban J connectivity index is 3.11. The van der Waals surface area contributed by atoms with Gasteiger partial charge in [0.15, 0.2) is 0 Å². The lowest BCUT2D eigenvalue weighted by atomic mass is 10.1. The van der Waals surface area contributed by atoms with E-state index in [9.17, 15) is 9.59 Å². The Bertz CT molecular complexity index is 630. The quantitative estimate of drug-likeness (QED) is 0.566. The van der Waals surface area contributed by atoms with Crippen LogP contribution in [0.25, 0.3) is 6.08 Å². The second-order valence-corrected chi connectivity index (χ2v) is 7.35. The van der Waals surface area contributed by atoms with E-state index in [0.717, 1.165) is 5.56 Å². The molecule has 5 nitrogen and oxygen atoms in total. The highest BCUT2D eigenvalue weighted by Crippen LogP contribution is 2.17. The summed E-state index contributed by atoms with van der Waals surface area (Å²) in [5, 5.41) is 0.606. The molecular weight excluding hydrogens is 342 g/mol. The first-order valence-corrected chi connectivity index (χ1v) is 8.45. The molecule has 1 amide bonds. The van der Waals surface area contributed by atoms with E-state index in [1.807, 2.05) is 13.8 Å². The number of methoxy groups -OCH3 is 1. The maximum atomic E-state index is 12.5. The van der Waals surface area contributed by atoms with Crippen molar-refractivity contribution >= 4 is 29.7 Å². The Morgan fingerprint density at radius 1 is 1.20 bits per heavy atom. The molecule has 0 heterocycles. The summed E-state index contributed by atoms with van der Waals surface area (Å²) < 4.78 is 10.3. The van der Waals surface area contributed by atoms with Crippen LogP contribution in [0, 0.1) is 0 Å². The van der Waals surface area contributed by atoms with Crippen LogP contribution >= 0.6 is 11.6 Å². The zero-order valence-electron chi connectivity index (χ0n) is 15.6. The number of esters is 1. The van der Waals surface area contributed by atoms with Crippen LogP contribution in [0.4, 0.5) is 4.79 Å². The fourth-order valence-corrected chi connectivity index (χ4v) is 2.15. The van der Waals surface area contributed by atoms with Gasteiger partial charge in [-0.05, 0) is 58.4 Å². The highest BCUT2D eigenvalue weighted by Gasteiger charge is 2.26. The average molecular weight is 368 g/mol. The second kappa shape index (κ2) is 8.90. The Morgan fingerprint density at radius 2 is 1.76 bits per heavy atom. The maximum absolute atomic E-state index is 12.5. The third-order valence-corrected chi connectivity index (χ3v) is 3.50. The minimum atomic E-state index is -0.616. The van der Waals surface area contributed by atoms with Crippen LogP contribution in [0.1, 0.15) is 40.2 Å². The molecule has 0 radical (unpaired) electrons. The molecule has 0 aliphatic rings. The normalized spacial score (nSPS) is 12.1. The van der Waals surface area contributed by atoms with Crippen molar-refractivity contribution in [3.05, 3.63) is 40.4 Å². The smallest absolute Gasteiger partial charge is 0.410 e. The second-order valence-electron chi connectivity index (χ2n) is 6.91. The van der Waals surface area contributed by atoms with Crippen LogP contribution in [0.3, 0.4) is 0 Å². The van der Waals surface area contributed by atoms with Gasteiger partial charge in [0.1, 0.15) is 5.60 Å². The summed E-state index contributed by atoms with van der Waals surface area (Å²) >= 11 is 5.89. The molecule has 6 heteroatoms. The van der Waals surface area contributed by atoms with Gasteiger partial charge in [-0.2, -0.15) is 0 Å². The zero-order chi connectivity index (χ0) is 19.2. The van der Waals surface area contributed by atoms with E-state index in [1.165, 1.54) is 12.0 Å². The van der Waals surface area contributed by atoms with E-state index in [-0.39, 0.29) is 12.6 Å². The van der Waals surface area contributed by atoms with Gasteiger partial charge >= 0.3 is 12.1 Å². The number of nitrogens with zero attached hydrogens (tertiary/aromatic N) is 1. The summed E-state index contributed by atoms with van der Waals surface area (Å²) in [5.41, 5.74) is 0.525. The lowest BCUT2D eigenvalue weighted by Crippen LogP contribution is -2.42. The molecule has 0 aromatic heterocycles. The van der Waals surface area contributed by atoms with Gasteiger partial charge in [0.2, 0.25) is 0 Å². The van der Waals surface area contributed by atoms with Gasteiger partial charge in [-0.25, -0.2) is 9.59 Å². The molecule has 0 fully saturated rings. The molecule has 0 saturated carbocycles. The summed E-state index contributed by atoms with van der Waals surface area (Å²) in [7, 11) is 1.31. The molecule has 0 atom stereocenters. The summed E-state index contributed by atoms with van der Waals surface area (Å²) in [5.74, 6) is -0.496. The number of carbonyl (C=O) groups is 2. The predicted molar refractivity (Wildman–Crippen MR) is 99.5 cm³/mol. The monoisotopic (exact) mass is 367 g/mol. The lowest BCUT2D eigenvalue weighted by molar-refractivity contribution is -0.136. The topological polar surface area (TPSA) is 55.8 Å². The highest BCUT2D eigenvalue weighted by molar-refractivity contribution is 6.30. The fourth-order valence-electron chi connectivity index (χ4n) is 2.02. The van der Waals surface area contributed by atoms with Crippen LogP contribution in [-0.4, -0.2) is 42.3 Å². The number of halogens is 1. The van der Waals surface area contributed by atoms with Crippen molar-refractivity contribution < 1.29 is 19.1 Å². The summed E-state index contributed by atoms with van der Waals surface area (Å²) in [6, 6.07) is 6.90. The minimum Gasteiger partial charge on any atom is -0.466 e. The summed E-state index contributed by atoms with van der Waals surface area (Å²) in [4.78, 5) is 26.1. The van der Waals surface area contributed by atoms with E-state index >= 15 is 0 Å². The van der Waals surface area contributed by atoms with Gasteiger partial charge in [0.05, 0.1) is 19.2 Å². The predicted octanol–water partition coefficient (Wildman–Crippen LogP) is 4.54. The van der Waals surface area contributed by atoms with Crippen molar-refractivity contribution in [3.8, 4) is 0 Å². The summed E-state index contributed by atoms with van der Waals surface area (Å²) in [6.07, 6.45) is 1.20. The summed E-state index contributed by atoms with van der Waals surface area (Å²) in [6.45, 7) is 9.21. The molecule has 1 rings (SSSR count). The molecule has 0 aliphatic carbocycles. The molecular formula is C19H26ClNO4. The largest absolute Gasteiger partial charge is 0.466 e. The molecule has 0 saturated heterocycles. The minimum absolute atomic E-state index is 0.0852. The van der Waals surface area contributed by atoms with Gasteiger partial charge in [0.25, 0.3) is 0 Å². The number of ether oxygens (including phenoxy) is 2. The molecule has 138 valence electrons. The Morgan fingerprint density at radius 3 is 2.20 bits per heavy atom. The van der Waals surface area contributed by atoms with Crippen molar-refractivity contribution in [2.24, 2.45) is 0 Å². The molecule has 0 bridgehead atoms. The van der Waals surface area contributed by atoms with E-state index in [0.29, 0.717) is 10.6 Å². The highest BCUT2D eigenvalue weighted by atomic mass is 35.5. The third kappa shape index (κ3) is 7.18. The molecule has 1 aromatic carbocycles. The van der Waals surface area contributed by atoms with Gasteiger partial charge in [-0.3, -0.25) is 0 Å². The Labute approximate surface area is 154 Å². The van der Waals surface area contributed by atoms with Crippen LogP contribution in [0.2, 0.25) is 5.02 Å². The first kappa shape index (κ1) is 21.0. The molecule has 0 spiro atoms. The van der Waals surface area contributed by atoms with Crippen molar-refractivity contribution in [3.63, 3.8) is 0 Å². The SMILES string of the molecule is COC(=O)/C(=C/c1ccc(Cl)cc1)CN(C(=O)OC(C)(C)C)C(C)C. The lowest BCUT2D eigenvalue weighted by Gasteiger charge is -2.30. The first-order valence-electron chi connectivity index (χ1n) is 8.07. The number of hydrogen-bond donors (Lipinski definition) is 0. The van der Waals surface area contributed by atoms with Crippen molar-refractivity contribution in [1.82, 2.24) is 4.90 Å². The molecule has 0 N–H and O–H groups in total. The van der Waals surface area contributed by atoms with Crippen molar-refractivity contribution in [1.29, 1.82) is 0 Å². The molecule has 0 aliphatic heterocycles. The van der Waals surface area contributed by atoms with Crippen LogP contribution in [-0.2, 0) is 14.3 Å². The van der Waals surface area contributed by atoms with E-state index in [1.54, 1.807) is 51.1 Å². The van der Waals surface area contributed by atoms with E-state index < -0.39 is 17.7 Å². The van der Waals surface area contributed by atoms with Crippen LogP contribution < -0.4 is 0 Å². The number of carbonyl (C=O) groups excluding carboxylic acids is 2. The third-order valence-electron chi connectivity index (χ3n) is 3.25. The zero-order valence-corrected chi connectivity index (χ0v) is 16.4. The Kier molecular flexibility index (Phi) is 7.49. The van der Waals surface area contributed by atoms with E-state index in [2.05, 4.69) is 0 Å². The standard InChI is InChI=1S/C19H26ClNO4/c1-13(2)21(18(23)25-19(3,4)5)12-15(17(22)24-6)11-14-7-9-16(20)10-8-14/h7-11,13H,12H2,1-6H3/b15-11+. The van der Waals surface area contributed by atoms with Crippen LogP contribution in [0.5, 0.6) is 0 Å². The fraction of sp³-hybridized carbons (Fsp3) is 0.474. The number of amides is 1. The molecule has 1 aromatic rings. The first-order chi connectivity index (χ1) is 11.5. The molecule has 25 heavy (non-hydrogen) atoms. The average Bonchev–Trinajstić information content (AvgIpc) is 2.50. The maximum Gasteiger partial charge on any atom is 0.410 e. The van der Waals surface area contributed by atoms with Crippen molar-refractivity contribution in [2.45, 2.75) is 46.3 Å². The van der Waals surface area contributed by atoms with Gasteiger partial charge < -0.3 is 14.4 Å². The Hall–Kier alpha value is -2.01. The van der Waals surface area contributed by atoms with E-state index in [4.69, 9.17) is 21.1 Å². The molecule has 0 unspecified atom stereocenters. The van der Waals surface area contributed by atoms with Crippen LogP contribution in [0.15, 0.2) is 29.8 Å². The van der Waals surface area contributed by atoms with Gasteiger partial charge in [-0.1, -0.05) is 23.7 Å². The van der Waals surface area contributed by atoms with Crippen molar-refractivity contribution in [2.75, 3.05) is 13.7 Å². The van der Waals surface area contributed by atoms with Gasteiger partial charge in [0, 0.05) is 11.1 Å². The number of benzene rings is 1. The number of rotatable bonds is 5. The number of hydrogen-bond acceptors (Lipinski definition) is 4.